The molecule has 0 N–H and O–H groups in total. The fraction of sp³-hybridized carbons (Fsp3) is 0. The third-order valence-corrected chi connectivity index (χ3v) is 12.0. The summed E-state index contributed by atoms with van der Waals surface area (Å²) in [7, 11) is 0. The van der Waals surface area contributed by atoms with Gasteiger partial charge in [0.05, 0.1) is 33.1 Å². The first-order valence-corrected chi connectivity index (χ1v) is 18.4. The van der Waals surface area contributed by atoms with E-state index in [-0.39, 0.29) is 0 Å². The molecule has 0 fully saturated rings. The van der Waals surface area contributed by atoms with Crippen molar-refractivity contribution in [3.8, 4) is 17.2 Å². The van der Waals surface area contributed by atoms with Gasteiger partial charge in [0, 0.05) is 70.1 Å². The molecule has 7 aromatic carbocycles. The molecule has 5 aromatic heterocycles. The quantitative estimate of drug-likeness (QED) is 0.182. The second-order valence-electron chi connectivity index (χ2n) is 13.6. The Morgan fingerprint density at radius 3 is 1.29 bits per heavy atom. The molecule has 12 rings (SSSR count). The van der Waals surface area contributed by atoms with Crippen LogP contribution in [0.15, 0.2) is 170 Å². The second kappa shape index (κ2) is 10.4. The largest absolute Gasteiger partial charge is 0.309 e. The summed E-state index contributed by atoms with van der Waals surface area (Å²) in [6, 6.07) is 59.5. The van der Waals surface area contributed by atoms with Gasteiger partial charge in [-0.25, -0.2) is 4.98 Å². The van der Waals surface area contributed by atoms with Crippen LogP contribution < -0.4 is 0 Å². The van der Waals surface area contributed by atoms with Crippen molar-refractivity contribution in [2.24, 2.45) is 0 Å². The first-order valence-electron chi connectivity index (χ1n) is 17.6. The second-order valence-corrected chi connectivity index (χ2v) is 14.7. The van der Waals surface area contributed by atoms with Gasteiger partial charge in [-0.3, -0.25) is 4.57 Å². The molecule has 0 radical (unpaired) electrons. The minimum atomic E-state index is 0.928. The van der Waals surface area contributed by atoms with E-state index in [1.165, 1.54) is 74.6 Å². The van der Waals surface area contributed by atoms with Gasteiger partial charge < -0.3 is 9.13 Å². The van der Waals surface area contributed by atoms with Crippen molar-refractivity contribution in [3.63, 3.8) is 0 Å². The molecule has 0 aliphatic carbocycles. The van der Waals surface area contributed by atoms with Crippen LogP contribution in [0.4, 0.5) is 0 Å². The van der Waals surface area contributed by atoms with Crippen LogP contribution in [-0.4, -0.2) is 18.7 Å². The maximum atomic E-state index is 5.18. The molecule has 0 amide bonds. The fourth-order valence-corrected chi connectivity index (χ4v) is 9.75. The smallest absolute Gasteiger partial charge is 0.138 e. The molecule has 0 bridgehead atoms. The molecule has 0 aliphatic rings. The zero-order chi connectivity index (χ0) is 33.9. The first-order chi connectivity index (χ1) is 25.8. The van der Waals surface area contributed by atoms with E-state index < -0.39 is 0 Å². The summed E-state index contributed by atoms with van der Waals surface area (Å²) >= 11 is 1.83. The molecule has 5 heteroatoms. The number of aromatic nitrogens is 4. The Morgan fingerprint density at radius 1 is 0.327 bits per heavy atom. The van der Waals surface area contributed by atoms with Crippen LogP contribution in [0.2, 0.25) is 0 Å². The number of fused-ring (bicyclic) bond motifs is 12. The summed E-state index contributed by atoms with van der Waals surface area (Å²) in [6.45, 7) is 0. The van der Waals surface area contributed by atoms with Gasteiger partial charge in [-0.1, -0.05) is 91.0 Å². The van der Waals surface area contributed by atoms with Crippen LogP contribution in [0.25, 0.3) is 103 Å². The average Bonchev–Trinajstić information content (AvgIpc) is 3.93. The average molecular weight is 681 g/mol. The van der Waals surface area contributed by atoms with E-state index in [0.717, 1.165) is 28.2 Å². The van der Waals surface area contributed by atoms with Crippen LogP contribution in [0.3, 0.4) is 0 Å². The van der Waals surface area contributed by atoms with Crippen molar-refractivity contribution in [2.45, 2.75) is 0 Å². The molecular formula is C47H28N4S. The molecule has 0 aliphatic heterocycles. The van der Waals surface area contributed by atoms with Crippen LogP contribution >= 0.6 is 11.3 Å². The lowest BCUT2D eigenvalue weighted by atomic mass is 10.1. The SMILES string of the molecule is c1ccc2c(c1)c1ccccc1n2-c1ccc2sc3cc(-n4c5ccccc5c5cc(-n6c7ccccc7c7ccccc76)ccc54)ncc3c2c1. The van der Waals surface area contributed by atoms with Gasteiger partial charge in [-0.15, -0.1) is 11.3 Å². The maximum Gasteiger partial charge on any atom is 0.138 e. The van der Waals surface area contributed by atoms with Crippen LogP contribution in [0, 0.1) is 0 Å². The van der Waals surface area contributed by atoms with Crippen molar-refractivity contribution in [1.29, 1.82) is 0 Å². The predicted molar refractivity (Wildman–Crippen MR) is 220 cm³/mol. The van der Waals surface area contributed by atoms with E-state index in [1.54, 1.807) is 0 Å². The Bertz CT molecular complexity index is 3320. The lowest BCUT2D eigenvalue weighted by Gasteiger charge is -2.10. The van der Waals surface area contributed by atoms with E-state index in [4.69, 9.17) is 4.98 Å². The molecule has 4 nitrogen and oxygen atoms in total. The number of rotatable bonds is 3. The van der Waals surface area contributed by atoms with Crippen molar-refractivity contribution in [2.75, 3.05) is 0 Å². The molecule has 0 unspecified atom stereocenters. The summed E-state index contributed by atoms with van der Waals surface area (Å²) in [5.41, 5.74) is 9.47. The monoisotopic (exact) mass is 680 g/mol. The van der Waals surface area contributed by atoms with Gasteiger partial charge in [0.1, 0.15) is 5.82 Å². The van der Waals surface area contributed by atoms with Crippen molar-refractivity contribution in [3.05, 3.63) is 170 Å². The number of para-hydroxylation sites is 5. The highest BCUT2D eigenvalue weighted by atomic mass is 32.1. The van der Waals surface area contributed by atoms with Crippen LogP contribution in [0.1, 0.15) is 0 Å². The third-order valence-electron chi connectivity index (χ3n) is 10.9. The van der Waals surface area contributed by atoms with Crippen LogP contribution in [0.5, 0.6) is 0 Å². The van der Waals surface area contributed by atoms with Gasteiger partial charge in [0.25, 0.3) is 0 Å². The molecule has 0 saturated heterocycles. The predicted octanol–water partition coefficient (Wildman–Crippen LogP) is 12.7. The molecule has 5 heterocycles. The summed E-state index contributed by atoms with van der Waals surface area (Å²) in [5.74, 6) is 0.928. The Labute approximate surface area is 301 Å². The third kappa shape index (κ3) is 3.78. The zero-order valence-electron chi connectivity index (χ0n) is 27.9. The highest BCUT2D eigenvalue weighted by molar-refractivity contribution is 7.25. The Hall–Kier alpha value is -6.69. The Balaban J connectivity index is 1.04. The van der Waals surface area contributed by atoms with Crippen molar-refractivity contribution < 1.29 is 0 Å². The maximum absolute atomic E-state index is 5.18. The van der Waals surface area contributed by atoms with Crippen LogP contribution in [-0.2, 0) is 0 Å². The van der Waals surface area contributed by atoms with Crippen molar-refractivity contribution >= 4 is 96.9 Å². The van der Waals surface area contributed by atoms with E-state index in [0.29, 0.717) is 0 Å². The van der Waals surface area contributed by atoms with Gasteiger partial charge in [-0.05, 0) is 72.8 Å². The number of hydrogen-bond acceptors (Lipinski definition) is 2. The van der Waals surface area contributed by atoms with E-state index in [1.807, 2.05) is 11.3 Å². The summed E-state index contributed by atoms with van der Waals surface area (Å²) < 4.78 is 9.60. The van der Waals surface area contributed by atoms with Gasteiger partial charge in [-0.2, -0.15) is 0 Å². The van der Waals surface area contributed by atoms with Gasteiger partial charge >= 0.3 is 0 Å². The fourth-order valence-electron chi connectivity index (χ4n) is 8.66. The van der Waals surface area contributed by atoms with E-state index >= 15 is 0 Å². The molecule has 12 aromatic rings. The minimum Gasteiger partial charge on any atom is -0.309 e. The highest BCUT2D eigenvalue weighted by Crippen LogP contribution is 2.40. The zero-order valence-corrected chi connectivity index (χ0v) is 28.7. The highest BCUT2D eigenvalue weighted by Gasteiger charge is 2.18. The first kappa shape index (κ1) is 28.1. The molecular weight excluding hydrogens is 653 g/mol. The Morgan fingerprint density at radius 2 is 0.750 bits per heavy atom. The number of benzene rings is 7. The van der Waals surface area contributed by atoms with Crippen molar-refractivity contribution in [1.82, 2.24) is 18.7 Å². The standard InChI is InChI=1S/C47H28N4S/c1-6-16-39-31(11-1)32-12-2-7-17-40(32)49(39)29-21-23-44-36(25-29)35-15-5-10-20-43(35)51(44)47-27-46-38(28-48-47)37-26-30(22-24-45(37)52-46)50-41-18-8-3-13-33(41)34-14-4-9-19-42(34)50/h1-28H. The molecule has 0 atom stereocenters. The lowest BCUT2D eigenvalue weighted by Crippen LogP contribution is -1.97. The number of nitrogens with zero attached hydrogens (tertiary/aromatic N) is 4. The number of thiophene rings is 1. The molecule has 52 heavy (non-hydrogen) atoms. The summed E-state index contributed by atoms with van der Waals surface area (Å²) in [5, 5.41) is 9.92. The topological polar surface area (TPSA) is 27.7 Å². The number of pyridine rings is 1. The molecule has 0 saturated carbocycles. The lowest BCUT2D eigenvalue weighted by molar-refractivity contribution is 1.09. The molecule has 242 valence electrons. The summed E-state index contributed by atoms with van der Waals surface area (Å²) in [4.78, 5) is 5.18. The normalized spacial score (nSPS) is 12.2. The molecule has 0 spiro atoms. The summed E-state index contributed by atoms with van der Waals surface area (Å²) in [6.07, 6.45) is 2.08. The van der Waals surface area contributed by atoms with E-state index in [2.05, 4.69) is 184 Å². The Kier molecular flexibility index (Phi) is 5.62. The van der Waals surface area contributed by atoms with E-state index in [9.17, 15) is 0 Å². The number of hydrogen-bond donors (Lipinski definition) is 0. The van der Waals surface area contributed by atoms with Gasteiger partial charge in [0.15, 0.2) is 0 Å². The minimum absolute atomic E-state index is 0.928. The van der Waals surface area contributed by atoms with Gasteiger partial charge in [0.2, 0.25) is 0 Å².